The van der Waals surface area contributed by atoms with Gasteiger partial charge in [0.25, 0.3) is 0 Å². The second-order valence-corrected chi connectivity index (χ2v) is 10.1. The van der Waals surface area contributed by atoms with Crippen molar-refractivity contribution in [2.45, 2.75) is 30.8 Å². The van der Waals surface area contributed by atoms with Crippen molar-refractivity contribution in [3.8, 4) is 0 Å². The first-order chi connectivity index (χ1) is 9.19. The number of hydrogen-bond donors (Lipinski definition) is 1. The maximum atomic E-state index is 12.7. The smallest absolute Gasteiger partial charge is 0.244 e. The molecule has 0 saturated carbocycles. The third-order valence-corrected chi connectivity index (χ3v) is 8.68. The Balaban J connectivity index is 2.38. The molecule has 0 bridgehead atoms. The molecule has 6 nitrogen and oxygen atoms in total. The summed E-state index contributed by atoms with van der Waals surface area (Å²) in [6.07, 6.45) is 0.346. The Labute approximate surface area is 123 Å². The minimum Gasteiger partial charge on any atom is -0.326 e. The molecule has 1 aromatic rings. The maximum Gasteiger partial charge on any atom is 0.244 e. The molecule has 1 atom stereocenters. The zero-order valence-corrected chi connectivity index (χ0v) is 13.8. The van der Waals surface area contributed by atoms with Gasteiger partial charge in [0.05, 0.1) is 11.5 Å². The zero-order valence-electron chi connectivity index (χ0n) is 11.4. The normalized spacial score (nSPS) is 22.5. The van der Waals surface area contributed by atoms with Crippen molar-refractivity contribution < 1.29 is 16.8 Å². The summed E-state index contributed by atoms with van der Waals surface area (Å²) in [7, 11) is -5.38. The van der Waals surface area contributed by atoms with Crippen molar-refractivity contribution in [1.29, 1.82) is 0 Å². The highest BCUT2D eigenvalue weighted by molar-refractivity contribution is 7.92. The lowest BCUT2D eigenvalue weighted by atomic mass is 10.3. The molecule has 1 saturated heterocycles. The van der Waals surface area contributed by atoms with Crippen molar-refractivity contribution in [3.63, 3.8) is 0 Å². The molecule has 20 heavy (non-hydrogen) atoms. The standard InChI is InChI=1S/C11H18N2O4S3/c1-8-6-18-10(5-12)11(8)20(16,17)13(2)9-3-4-19(14,15)7-9/h6,9H,3-5,7,12H2,1-2H3. The van der Waals surface area contributed by atoms with Crippen molar-refractivity contribution in [2.24, 2.45) is 5.73 Å². The van der Waals surface area contributed by atoms with Gasteiger partial charge in [0, 0.05) is 24.5 Å². The summed E-state index contributed by atoms with van der Waals surface area (Å²) in [6, 6.07) is -0.491. The van der Waals surface area contributed by atoms with Crippen LogP contribution in [0.5, 0.6) is 0 Å². The Morgan fingerprint density at radius 3 is 2.65 bits per heavy atom. The van der Waals surface area contributed by atoms with E-state index in [0.717, 1.165) is 0 Å². The predicted molar refractivity (Wildman–Crippen MR) is 79.0 cm³/mol. The van der Waals surface area contributed by atoms with E-state index in [4.69, 9.17) is 5.73 Å². The van der Waals surface area contributed by atoms with Gasteiger partial charge in [0.1, 0.15) is 4.90 Å². The number of nitrogens with zero attached hydrogens (tertiary/aromatic N) is 1. The molecule has 1 aromatic heterocycles. The van der Waals surface area contributed by atoms with Gasteiger partial charge in [0.2, 0.25) is 10.0 Å². The fourth-order valence-corrected chi connectivity index (χ4v) is 7.28. The SMILES string of the molecule is Cc1csc(CN)c1S(=O)(=O)N(C)C1CCS(=O)(=O)C1. The van der Waals surface area contributed by atoms with Crippen LogP contribution in [0.25, 0.3) is 0 Å². The van der Waals surface area contributed by atoms with Crippen LogP contribution >= 0.6 is 11.3 Å². The maximum absolute atomic E-state index is 12.7. The van der Waals surface area contributed by atoms with Crippen LogP contribution in [0.2, 0.25) is 0 Å². The van der Waals surface area contributed by atoms with Crippen LogP contribution in [0, 0.1) is 6.92 Å². The number of aryl methyl sites for hydroxylation is 1. The van der Waals surface area contributed by atoms with Crippen molar-refractivity contribution >= 4 is 31.2 Å². The molecule has 0 spiro atoms. The van der Waals surface area contributed by atoms with E-state index in [1.165, 1.54) is 22.7 Å². The van der Waals surface area contributed by atoms with Gasteiger partial charge in [-0.2, -0.15) is 4.31 Å². The van der Waals surface area contributed by atoms with E-state index in [2.05, 4.69) is 0 Å². The monoisotopic (exact) mass is 338 g/mol. The number of nitrogens with two attached hydrogens (primary N) is 1. The number of thiophene rings is 1. The Morgan fingerprint density at radius 2 is 2.15 bits per heavy atom. The number of rotatable bonds is 4. The third kappa shape index (κ3) is 2.77. The van der Waals surface area contributed by atoms with Crippen molar-refractivity contribution in [1.82, 2.24) is 4.31 Å². The van der Waals surface area contributed by atoms with Crippen LogP contribution in [-0.4, -0.2) is 45.7 Å². The predicted octanol–water partition coefficient (Wildman–Crippen LogP) is 0.323. The average Bonchev–Trinajstić information content (AvgIpc) is 2.91. The fraction of sp³-hybridized carbons (Fsp3) is 0.636. The second kappa shape index (κ2) is 5.38. The lowest BCUT2D eigenvalue weighted by Crippen LogP contribution is -2.38. The van der Waals surface area contributed by atoms with Gasteiger partial charge in [-0.15, -0.1) is 11.3 Å². The van der Waals surface area contributed by atoms with Crippen LogP contribution in [0.1, 0.15) is 16.9 Å². The number of sulfone groups is 1. The Morgan fingerprint density at radius 1 is 1.50 bits per heavy atom. The second-order valence-electron chi connectivity index (χ2n) is 4.95. The lowest BCUT2D eigenvalue weighted by molar-refractivity contribution is 0.393. The third-order valence-electron chi connectivity index (χ3n) is 3.53. The van der Waals surface area contributed by atoms with Crippen molar-refractivity contribution in [3.05, 3.63) is 15.8 Å². The summed E-state index contributed by atoms with van der Waals surface area (Å²) >= 11 is 1.31. The van der Waals surface area contributed by atoms with E-state index in [9.17, 15) is 16.8 Å². The summed E-state index contributed by atoms with van der Waals surface area (Å²) in [5, 5.41) is 1.76. The molecule has 0 amide bonds. The Bertz CT molecular complexity index is 706. The minimum absolute atomic E-state index is 0.0455. The van der Waals surface area contributed by atoms with E-state index in [1.807, 2.05) is 0 Å². The van der Waals surface area contributed by atoms with Gasteiger partial charge in [-0.25, -0.2) is 16.8 Å². The molecule has 9 heteroatoms. The highest BCUT2D eigenvalue weighted by Crippen LogP contribution is 2.31. The first kappa shape index (κ1) is 15.9. The number of sulfonamides is 1. The van der Waals surface area contributed by atoms with Gasteiger partial charge < -0.3 is 5.73 Å². The van der Waals surface area contributed by atoms with E-state index in [-0.39, 0.29) is 22.9 Å². The summed E-state index contributed by atoms with van der Waals surface area (Å²) in [4.78, 5) is 0.840. The fourth-order valence-electron chi connectivity index (χ4n) is 2.38. The van der Waals surface area contributed by atoms with E-state index < -0.39 is 25.9 Å². The lowest BCUT2D eigenvalue weighted by Gasteiger charge is -2.23. The highest BCUT2D eigenvalue weighted by atomic mass is 32.2. The van der Waals surface area contributed by atoms with Crippen LogP contribution in [0.4, 0.5) is 0 Å². The average molecular weight is 338 g/mol. The van der Waals surface area contributed by atoms with Gasteiger partial charge >= 0.3 is 0 Å². The molecule has 2 rings (SSSR count). The summed E-state index contributed by atoms with van der Waals surface area (Å²) < 4.78 is 49.6. The number of hydrogen-bond acceptors (Lipinski definition) is 6. The molecule has 114 valence electrons. The Kier molecular flexibility index (Phi) is 4.27. The van der Waals surface area contributed by atoms with Crippen LogP contribution in [0.15, 0.2) is 10.3 Å². The van der Waals surface area contributed by atoms with Crippen molar-refractivity contribution in [2.75, 3.05) is 18.6 Å². The summed E-state index contributed by atoms with van der Waals surface area (Å²) in [6.45, 7) is 1.88. The molecule has 0 aromatic carbocycles. The van der Waals surface area contributed by atoms with E-state index in [1.54, 1.807) is 12.3 Å². The molecule has 0 radical (unpaired) electrons. The molecule has 2 N–H and O–H groups in total. The molecule has 1 fully saturated rings. The summed E-state index contributed by atoms with van der Waals surface area (Å²) in [5.74, 6) is -0.0617. The largest absolute Gasteiger partial charge is 0.326 e. The van der Waals surface area contributed by atoms with Gasteiger partial charge in [-0.3, -0.25) is 0 Å². The van der Waals surface area contributed by atoms with Crippen LogP contribution in [-0.2, 0) is 26.4 Å². The molecular formula is C11H18N2O4S3. The molecular weight excluding hydrogens is 320 g/mol. The topological polar surface area (TPSA) is 97.5 Å². The molecule has 1 aliphatic rings. The van der Waals surface area contributed by atoms with Crippen LogP contribution in [0.3, 0.4) is 0 Å². The van der Waals surface area contributed by atoms with E-state index in [0.29, 0.717) is 16.9 Å². The Hall–Kier alpha value is -0.480. The molecule has 1 unspecified atom stereocenters. The molecule has 1 aliphatic heterocycles. The van der Waals surface area contributed by atoms with Gasteiger partial charge in [-0.05, 0) is 24.3 Å². The summed E-state index contributed by atoms with van der Waals surface area (Å²) in [5.41, 5.74) is 6.24. The first-order valence-electron chi connectivity index (χ1n) is 6.14. The first-order valence-corrected chi connectivity index (χ1v) is 10.3. The molecule has 2 heterocycles. The minimum atomic E-state index is -3.70. The zero-order chi connectivity index (χ0) is 15.1. The van der Waals surface area contributed by atoms with Crippen LogP contribution < -0.4 is 5.73 Å². The quantitative estimate of drug-likeness (QED) is 0.853. The highest BCUT2D eigenvalue weighted by Gasteiger charge is 2.38. The van der Waals surface area contributed by atoms with Gasteiger partial charge in [-0.1, -0.05) is 0 Å². The van der Waals surface area contributed by atoms with Gasteiger partial charge in [0.15, 0.2) is 9.84 Å². The molecule has 0 aliphatic carbocycles. The van der Waals surface area contributed by atoms with E-state index >= 15 is 0 Å².